The largest absolute Gasteiger partial charge is 0.352 e. The summed E-state index contributed by atoms with van der Waals surface area (Å²) in [5, 5.41) is 2.87. The van der Waals surface area contributed by atoms with Gasteiger partial charge in [-0.05, 0) is 49.3 Å². The second kappa shape index (κ2) is 5.85. The van der Waals surface area contributed by atoms with Crippen LogP contribution in [0.1, 0.15) is 36.5 Å². The highest BCUT2D eigenvalue weighted by Crippen LogP contribution is 2.22. The van der Waals surface area contributed by atoms with E-state index < -0.39 is 0 Å². The topological polar surface area (TPSA) is 29.1 Å². The van der Waals surface area contributed by atoms with Gasteiger partial charge in [0.1, 0.15) is 0 Å². The molecule has 18 heavy (non-hydrogen) atoms. The molecule has 0 radical (unpaired) electrons. The smallest absolute Gasteiger partial charge is 0.224 e. The number of nitrogens with one attached hydrogen (secondary N) is 1. The van der Waals surface area contributed by atoms with Gasteiger partial charge >= 0.3 is 0 Å². The Bertz CT molecular complexity index is 462. The number of carbonyl (C=O) groups excluding carboxylic acids is 1. The summed E-state index contributed by atoms with van der Waals surface area (Å²) >= 11 is 0. The van der Waals surface area contributed by atoms with Crippen molar-refractivity contribution in [1.82, 2.24) is 5.32 Å². The Labute approximate surface area is 109 Å². The van der Waals surface area contributed by atoms with E-state index in [0.29, 0.717) is 13.0 Å². The van der Waals surface area contributed by atoms with Gasteiger partial charge in [-0.1, -0.05) is 30.4 Å². The minimum absolute atomic E-state index is 0.0776. The van der Waals surface area contributed by atoms with Crippen LogP contribution in [0.15, 0.2) is 30.4 Å². The van der Waals surface area contributed by atoms with Crippen molar-refractivity contribution < 1.29 is 4.79 Å². The Kier molecular flexibility index (Phi) is 4.19. The normalized spacial score (nSPS) is 13.8. The average molecular weight is 243 g/mol. The molecule has 0 heterocycles. The van der Waals surface area contributed by atoms with Crippen LogP contribution < -0.4 is 5.32 Å². The molecule has 0 fully saturated rings. The van der Waals surface area contributed by atoms with Crippen LogP contribution >= 0.6 is 0 Å². The predicted molar refractivity (Wildman–Crippen MR) is 74.6 cm³/mol. The minimum Gasteiger partial charge on any atom is -0.352 e. The van der Waals surface area contributed by atoms with E-state index in [9.17, 15) is 4.79 Å². The van der Waals surface area contributed by atoms with E-state index in [-0.39, 0.29) is 5.91 Å². The number of hydrogen-bond acceptors (Lipinski definition) is 1. The first-order valence-corrected chi connectivity index (χ1v) is 6.67. The highest BCUT2D eigenvalue weighted by atomic mass is 16.1. The van der Waals surface area contributed by atoms with E-state index in [1.807, 2.05) is 6.92 Å². The van der Waals surface area contributed by atoms with Gasteiger partial charge in [-0.3, -0.25) is 4.79 Å². The fourth-order valence-corrected chi connectivity index (χ4v) is 2.39. The van der Waals surface area contributed by atoms with Crippen LogP contribution in [0, 0.1) is 0 Å². The van der Waals surface area contributed by atoms with Crippen molar-refractivity contribution in [2.75, 3.05) is 6.54 Å². The molecule has 0 saturated heterocycles. The summed E-state index contributed by atoms with van der Waals surface area (Å²) in [4.78, 5) is 11.7. The molecule has 1 aliphatic carbocycles. The molecule has 2 rings (SSSR count). The standard InChI is InChI=1S/C16H21NO/c1-12(2)11-17-16(18)10-13-7-8-14-5-3-4-6-15(14)9-13/h7-9H,1,3-6,10-11H2,2H3,(H,17,18). The van der Waals surface area contributed by atoms with E-state index >= 15 is 0 Å². The van der Waals surface area contributed by atoms with E-state index in [2.05, 4.69) is 30.1 Å². The van der Waals surface area contributed by atoms with Crippen molar-refractivity contribution in [3.63, 3.8) is 0 Å². The van der Waals surface area contributed by atoms with Gasteiger partial charge in [0.25, 0.3) is 0 Å². The summed E-state index contributed by atoms with van der Waals surface area (Å²) in [6.45, 7) is 6.27. The molecule has 0 atom stereocenters. The molecule has 0 aliphatic heterocycles. The zero-order chi connectivity index (χ0) is 13.0. The van der Waals surface area contributed by atoms with Crippen LogP contribution in [0.4, 0.5) is 0 Å². The lowest BCUT2D eigenvalue weighted by atomic mass is 9.90. The van der Waals surface area contributed by atoms with Crippen molar-refractivity contribution in [3.05, 3.63) is 47.0 Å². The Balaban J connectivity index is 1.97. The Hall–Kier alpha value is -1.57. The zero-order valence-electron chi connectivity index (χ0n) is 11.1. The van der Waals surface area contributed by atoms with Crippen LogP contribution in [0.5, 0.6) is 0 Å². The van der Waals surface area contributed by atoms with Crippen LogP contribution in [0.3, 0.4) is 0 Å². The van der Waals surface area contributed by atoms with Gasteiger partial charge in [-0.15, -0.1) is 0 Å². The monoisotopic (exact) mass is 243 g/mol. The fourth-order valence-electron chi connectivity index (χ4n) is 2.39. The molecule has 2 nitrogen and oxygen atoms in total. The number of rotatable bonds is 4. The average Bonchev–Trinajstić information content (AvgIpc) is 2.36. The molecule has 96 valence electrons. The lowest BCUT2D eigenvalue weighted by molar-refractivity contribution is -0.120. The maximum absolute atomic E-state index is 11.7. The molecule has 0 spiro atoms. The number of carbonyl (C=O) groups is 1. The molecule has 0 saturated carbocycles. The molecule has 1 aliphatic rings. The zero-order valence-corrected chi connectivity index (χ0v) is 11.1. The molecule has 0 bridgehead atoms. The highest BCUT2D eigenvalue weighted by Gasteiger charge is 2.10. The third kappa shape index (κ3) is 3.46. The Morgan fingerprint density at radius 2 is 2.00 bits per heavy atom. The molecular weight excluding hydrogens is 222 g/mol. The first-order valence-electron chi connectivity index (χ1n) is 6.67. The van der Waals surface area contributed by atoms with E-state index in [1.54, 1.807) is 0 Å². The van der Waals surface area contributed by atoms with Gasteiger partial charge in [-0.2, -0.15) is 0 Å². The molecule has 2 heteroatoms. The van der Waals surface area contributed by atoms with Crippen LogP contribution in [0.25, 0.3) is 0 Å². The van der Waals surface area contributed by atoms with E-state index in [1.165, 1.54) is 30.4 Å². The van der Waals surface area contributed by atoms with Gasteiger partial charge < -0.3 is 5.32 Å². The summed E-state index contributed by atoms with van der Waals surface area (Å²) in [5.74, 6) is 0.0776. The van der Waals surface area contributed by atoms with Crippen molar-refractivity contribution >= 4 is 5.91 Å². The quantitative estimate of drug-likeness (QED) is 0.809. The van der Waals surface area contributed by atoms with Gasteiger partial charge in [0.05, 0.1) is 6.42 Å². The number of aryl methyl sites for hydroxylation is 2. The van der Waals surface area contributed by atoms with E-state index in [4.69, 9.17) is 0 Å². The first kappa shape index (κ1) is 12.9. The van der Waals surface area contributed by atoms with Crippen molar-refractivity contribution in [1.29, 1.82) is 0 Å². The van der Waals surface area contributed by atoms with Crippen LogP contribution in [0.2, 0.25) is 0 Å². The van der Waals surface area contributed by atoms with E-state index in [0.717, 1.165) is 17.6 Å². The van der Waals surface area contributed by atoms with Crippen molar-refractivity contribution in [2.24, 2.45) is 0 Å². The molecule has 0 unspecified atom stereocenters. The third-order valence-electron chi connectivity index (χ3n) is 3.36. The SMILES string of the molecule is C=C(C)CNC(=O)Cc1ccc2c(c1)CCCC2. The van der Waals surface area contributed by atoms with Gasteiger partial charge in [0.2, 0.25) is 5.91 Å². The predicted octanol–water partition coefficient (Wildman–Crippen LogP) is 2.80. The van der Waals surface area contributed by atoms with Gasteiger partial charge in [0, 0.05) is 6.54 Å². The summed E-state index contributed by atoms with van der Waals surface area (Å²) in [6, 6.07) is 6.48. The fraction of sp³-hybridized carbons (Fsp3) is 0.438. The molecule has 1 aromatic carbocycles. The Morgan fingerprint density at radius 3 is 2.72 bits per heavy atom. The van der Waals surface area contributed by atoms with Crippen LogP contribution in [-0.4, -0.2) is 12.5 Å². The molecular formula is C16H21NO. The maximum atomic E-state index is 11.7. The number of hydrogen-bond donors (Lipinski definition) is 1. The number of amides is 1. The summed E-state index contributed by atoms with van der Waals surface area (Å²) in [6.07, 6.45) is 5.40. The van der Waals surface area contributed by atoms with Crippen molar-refractivity contribution in [2.45, 2.75) is 39.0 Å². The summed E-state index contributed by atoms with van der Waals surface area (Å²) in [7, 11) is 0. The summed E-state index contributed by atoms with van der Waals surface area (Å²) < 4.78 is 0. The number of fused-ring (bicyclic) bond motifs is 1. The lowest BCUT2D eigenvalue weighted by Crippen LogP contribution is -2.26. The minimum atomic E-state index is 0.0776. The lowest BCUT2D eigenvalue weighted by Gasteiger charge is -2.16. The molecule has 0 aromatic heterocycles. The number of benzene rings is 1. The van der Waals surface area contributed by atoms with Crippen molar-refractivity contribution in [3.8, 4) is 0 Å². The van der Waals surface area contributed by atoms with Crippen LogP contribution in [-0.2, 0) is 24.1 Å². The Morgan fingerprint density at radius 1 is 1.28 bits per heavy atom. The van der Waals surface area contributed by atoms with Gasteiger partial charge in [0.15, 0.2) is 0 Å². The first-order chi connectivity index (χ1) is 8.65. The molecule has 1 N–H and O–H groups in total. The molecule has 1 amide bonds. The highest BCUT2D eigenvalue weighted by molar-refractivity contribution is 5.78. The maximum Gasteiger partial charge on any atom is 0.224 e. The van der Waals surface area contributed by atoms with Gasteiger partial charge in [-0.25, -0.2) is 0 Å². The second-order valence-electron chi connectivity index (χ2n) is 5.22. The second-order valence-corrected chi connectivity index (χ2v) is 5.22. The molecule has 1 aromatic rings. The summed E-state index contributed by atoms with van der Waals surface area (Å²) in [5.41, 5.74) is 5.00. The third-order valence-corrected chi connectivity index (χ3v) is 3.36.